The van der Waals surface area contributed by atoms with Crippen molar-refractivity contribution in [3.63, 3.8) is 0 Å². The number of fused-ring (bicyclic) bond motifs is 1. The molecule has 1 saturated carbocycles. The normalized spacial score (nSPS) is 26.2. The van der Waals surface area contributed by atoms with Crippen molar-refractivity contribution in [3.05, 3.63) is 17.6 Å². The molecule has 1 saturated heterocycles. The minimum atomic E-state index is 0.436. The molecule has 0 amide bonds. The van der Waals surface area contributed by atoms with E-state index < -0.39 is 0 Å². The highest BCUT2D eigenvalue weighted by Crippen LogP contribution is 2.38. The summed E-state index contributed by atoms with van der Waals surface area (Å²) in [5.41, 5.74) is 2.14. The van der Waals surface area contributed by atoms with E-state index in [-0.39, 0.29) is 0 Å². The van der Waals surface area contributed by atoms with Gasteiger partial charge in [0.05, 0.1) is 6.10 Å². The van der Waals surface area contributed by atoms with Gasteiger partial charge in [0.1, 0.15) is 12.1 Å². The fourth-order valence-electron chi connectivity index (χ4n) is 3.15. The zero-order valence-electron chi connectivity index (χ0n) is 12.5. The van der Waals surface area contributed by atoms with Gasteiger partial charge in [-0.15, -0.1) is 0 Å². The van der Waals surface area contributed by atoms with Crippen LogP contribution in [-0.4, -0.2) is 38.3 Å². The highest BCUT2D eigenvalue weighted by atomic mass is 16.5. The van der Waals surface area contributed by atoms with E-state index in [0.29, 0.717) is 17.9 Å². The van der Waals surface area contributed by atoms with Crippen LogP contribution in [0.5, 0.6) is 0 Å². The van der Waals surface area contributed by atoms with E-state index in [0.717, 1.165) is 42.4 Å². The molecular weight excluding hydrogens is 266 g/mol. The number of nitrogens with zero attached hydrogens (tertiary/aromatic N) is 4. The Morgan fingerprint density at radius 3 is 2.95 bits per heavy atom. The van der Waals surface area contributed by atoms with E-state index in [1.165, 1.54) is 12.8 Å². The lowest BCUT2D eigenvalue weighted by Crippen LogP contribution is -2.36. The van der Waals surface area contributed by atoms with Crippen molar-refractivity contribution >= 4 is 11.6 Å². The fourth-order valence-corrected chi connectivity index (χ4v) is 3.15. The lowest BCUT2D eigenvalue weighted by Gasteiger charge is -2.31. The highest BCUT2D eigenvalue weighted by molar-refractivity contribution is 5.52. The number of aryl methyl sites for hydroxylation is 1. The fraction of sp³-hybridized carbons (Fsp3) is 0.667. The van der Waals surface area contributed by atoms with Crippen molar-refractivity contribution in [2.75, 3.05) is 11.9 Å². The topological polar surface area (TPSA) is 64.3 Å². The van der Waals surface area contributed by atoms with Gasteiger partial charge in [0.2, 0.25) is 0 Å². The summed E-state index contributed by atoms with van der Waals surface area (Å²) in [6.45, 7) is 4.96. The van der Waals surface area contributed by atoms with Gasteiger partial charge in [0.15, 0.2) is 0 Å². The molecule has 2 unspecified atom stereocenters. The highest BCUT2D eigenvalue weighted by Gasteiger charge is 2.36. The van der Waals surface area contributed by atoms with Gasteiger partial charge < -0.3 is 10.1 Å². The number of anilines is 1. The zero-order valence-corrected chi connectivity index (χ0v) is 12.5. The first-order valence-electron chi connectivity index (χ1n) is 7.77. The Labute approximate surface area is 123 Å². The standard InChI is InChI=1S/C15H21N5O/c1-9-10(2)18-15-16-8-17-20(15)14(9)19-12-5-6-21-13(7-12)11-3-4-11/h8,11-13,19H,3-7H2,1-2H3. The van der Waals surface area contributed by atoms with Gasteiger partial charge in [-0.3, -0.25) is 0 Å². The zero-order chi connectivity index (χ0) is 14.4. The molecule has 2 fully saturated rings. The lowest BCUT2D eigenvalue weighted by molar-refractivity contribution is -0.00226. The predicted octanol–water partition coefficient (Wildman–Crippen LogP) is 2.11. The summed E-state index contributed by atoms with van der Waals surface area (Å²) in [6.07, 6.45) is 6.78. The van der Waals surface area contributed by atoms with Crippen LogP contribution in [-0.2, 0) is 4.74 Å². The van der Waals surface area contributed by atoms with Gasteiger partial charge in [-0.25, -0.2) is 4.98 Å². The maximum Gasteiger partial charge on any atom is 0.254 e. The summed E-state index contributed by atoms with van der Waals surface area (Å²) in [5.74, 6) is 2.48. The molecule has 2 aliphatic rings. The molecule has 112 valence electrons. The number of aromatic nitrogens is 4. The maximum atomic E-state index is 5.91. The molecule has 1 aliphatic heterocycles. The molecule has 3 heterocycles. The van der Waals surface area contributed by atoms with Crippen molar-refractivity contribution in [1.29, 1.82) is 0 Å². The second-order valence-corrected chi connectivity index (χ2v) is 6.25. The molecule has 0 radical (unpaired) electrons. The van der Waals surface area contributed by atoms with E-state index in [1.807, 2.05) is 11.4 Å². The summed E-state index contributed by atoms with van der Waals surface area (Å²) in [4.78, 5) is 8.67. The van der Waals surface area contributed by atoms with Crippen LogP contribution in [0.25, 0.3) is 5.78 Å². The van der Waals surface area contributed by atoms with E-state index >= 15 is 0 Å². The molecule has 2 atom stereocenters. The summed E-state index contributed by atoms with van der Waals surface area (Å²) >= 11 is 0. The molecule has 0 aromatic carbocycles. The average Bonchev–Trinajstić information content (AvgIpc) is 3.24. The number of rotatable bonds is 3. The van der Waals surface area contributed by atoms with E-state index in [4.69, 9.17) is 4.74 Å². The second kappa shape index (κ2) is 4.94. The Bertz CT molecular complexity index is 663. The second-order valence-electron chi connectivity index (χ2n) is 6.25. The van der Waals surface area contributed by atoms with Crippen molar-refractivity contribution in [1.82, 2.24) is 19.6 Å². The Balaban J connectivity index is 1.61. The van der Waals surface area contributed by atoms with Crippen LogP contribution in [0.2, 0.25) is 0 Å². The monoisotopic (exact) mass is 287 g/mol. The van der Waals surface area contributed by atoms with E-state index in [2.05, 4.69) is 27.3 Å². The average molecular weight is 287 g/mol. The van der Waals surface area contributed by atoms with Crippen molar-refractivity contribution < 1.29 is 4.74 Å². The van der Waals surface area contributed by atoms with Crippen LogP contribution >= 0.6 is 0 Å². The van der Waals surface area contributed by atoms with Gasteiger partial charge in [-0.2, -0.15) is 14.6 Å². The molecule has 0 bridgehead atoms. The number of hydrogen-bond acceptors (Lipinski definition) is 5. The summed E-state index contributed by atoms with van der Waals surface area (Å²) < 4.78 is 7.72. The summed E-state index contributed by atoms with van der Waals surface area (Å²) in [6, 6.07) is 0.442. The SMILES string of the molecule is Cc1nc2ncnn2c(NC2CCOC(C3CC3)C2)c1C. The first-order valence-corrected chi connectivity index (χ1v) is 7.77. The summed E-state index contributed by atoms with van der Waals surface area (Å²) in [7, 11) is 0. The molecule has 21 heavy (non-hydrogen) atoms. The Morgan fingerprint density at radius 2 is 2.14 bits per heavy atom. The third-order valence-electron chi connectivity index (χ3n) is 4.71. The van der Waals surface area contributed by atoms with E-state index in [9.17, 15) is 0 Å². The van der Waals surface area contributed by atoms with E-state index in [1.54, 1.807) is 6.33 Å². The molecular formula is C15H21N5O. The number of ether oxygens (including phenoxy) is 1. The predicted molar refractivity (Wildman–Crippen MR) is 79.4 cm³/mol. The molecule has 6 nitrogen and oxygen atoms in total. The number of nitrogens with one attached hydrogen (secondary N) is 1. The molecule has 1 aliphatic carbocycles. The van der Waals surface area contributed by atoms with Gasteiger partial charge >= 0.3 is 0 Å². The van der Waals surface area contributed by atoms with Crippen LogP contribution < -0.4 is 5.32 Å². The van der Waals surface area contributed by atoms with Crippen LogP contribution in [0, 0.1) is 19.8 Å². The van der Waals surface area contributed by atoms with Gasteiger partial charge in [0.25, 0.3) is 5.78 Å². The summed E-state index contributed by atoms with van der Waals surface area (Å²) in [5, 5.41) is 7.97. The Kier molecular flexibility index (Phi) is 3.06. The molecule has 1 N–H and O–H groups in total. The quantitative estimate of drug-likeness (QED) is 0.936. The molecule has 2 aromatic heterocycles. The number of hydrogen-bond donors (Lipinski definition) is 1. The third kappa shape index (κ3) is 2.37. The largest absolute Gasteiger partial charge is 0.378 e. The first-order chi connectivity index (χ1) is 10.2. The van der Waals surface area contributed by atoms with Crippen LogP contribution in [0.15, 0.2) is 6.33 Å². The molecule has 4 rings (SSSR count). The Hall–Kier alpha value is -1.69. The van der Waals surface area contributed by atoms with Crippen molar-refractivity contribution in [2.45, 2.75) is 51.7 Å². The minimum absolute atomic E-state index is 0.436. The Morgan fingerprint density at radius 1 is 1.29 bits per heavy atom. The minimum Gasteiger partial charge on any atom is -0.378 e. The maximum absolute atomic E-state index is 5.91. The molecule has 0 spiro atoms. The van der Waals surface area contributed by atoms with Gasteiger partial charge in [0, 0.05) is 23.9 Å². The third-order valence-corrected chi connectivity index (χ3v) is 4.71. The van der Waals surface area contributed by atoms with Gasteiger partial charge in [-0.05, 0) is 45.4 Å². The van der Waals surface area contributed by atoms with Gasteiger partial charge in [-0.1, -0.05) is 0 Å². The van der Waals surface area contributed by atoms with Crippen molar-refractivity contribution in [3.8, 4) is 0 Å². The van der Waals surface area contributed by atoms with Crippen LogP contribution in [0.3, 0.4) is 0 Å². The lowest BCUT2D eigenvalue weighted by atomic mass is 10.00. The first kappa shape index (κ1) is 13.0. The molecule has 2 aromatic rings. The smallest absolute Gasteiger partial charge is 0.254 e. The van der Waals surface area contributed by atoms with Crippen LogP contribution in [0.4, 0.5) is 5.82 Å². The van der Waals surface area contributed by atoms with Crippen LogP contribution in [0.1, 0.15) is 36.9 Å². The molecule has 6 heteroatoms. The van der Waals surface area contributed by atoms with Crippen molar-refractivity contribution in [2.24, 2.45) is 5.92 Å².